The number of aliphatic carboxylic acids is 1. The van der Waals surface area contributed by atoms with Gasteiger partial charge in [0.05, 0.1) is 0 Å². The highest BCUT2D eigenvalue weighted by Gasteiger charge is 2.05. The van der Waals surface area contributed by atoms with Crippen molar-refractivity contribution in [3.63, 3.8) is 0 Å². The lowest BCUT2D eigenvalue weighted by Crippen LogP contribution is -2.25. The summed E-state index contributed by atoms with van der Waals surface area (Å²) in [6.45, 7) is 8.80. The minimum atomic E-state index is -1.10. The minimum Gasteiger partial charge on any atom is -0.481 e. The van der Waals surface area contributed by atoms with E-state index < -0.39 is 18.3 Å². The Morgan fingerprint density at radius 3 is 2.00 bits per heavy atom. The fraction of sp³-hybridized carbons (Fsp3) is 0.556. The van der Waals surface area contributed by atoms with E-state index in [1.54, 1.807) is 0 Å². The molecule has 0 aliphatic heterocycles. The first-order valence-electron chi connectivity index (χ1n) is 7.74. The zero-order chi connectivity index (χ0) is 17.0. The molecule has 0 aromatic heterocycles. The lowest BCUT2D eigenvalue weighted by Gasteiger charge is -2.03. The van der Waals surface area contributed by atoms with Crippen molar-refractivity contribution in [2.45, 2.75) is 59.8 Å². The Balaban J connectivity index is 3.94. The maximum absolute atomic E-state index is 11.2. The predicted molar refractivity (Wildman–Crippen MR) is 90.7 cm³/mol. The van der Waals surface area contributed by atoms with Crippen molar-refractivity contribution in [3.8, 4) is 0 Å². The van der Waals surface area contributed by atoms with Crippen molar-refractivity contribution in [2.24, 2.45) is 0 Å². The molecule has 0 unspecified atom stereocenters. The Morgan fingerprint density at radius 1 is 0.909 bits per heavy atom. The van der Waals surface area contributed by atoms with E-state index in [0.717, 1.165) is 25.7 Å². The SMILES string of the molecule is CC(C)=CCCC(C)=CCCC(C)=CCNC(=O)CC(=O)O. The van der Waals surface area contributed by atoms with Crippen LogP contribution in [-0.4, -0.2) is 23.5 Å². The van der Waals surface area contributed by atoms with Gasteiger partial charge in [-0.15, -0.1) is 0 Å². The van der Waals surface area contributed by atoms with Gasteiger partial charge in [-0.25, -0.2) is 0 Å². The molecule has 0 spiro atoms. The summed E-state index contributed by atoms with van der Waals surface area (Å²) in [5.41, 5.74) is 3.96. The van der Waals surface area contributed by atoms with E-state index in [0.29, 0.717) is 6.54 Å². The average Bonchev–Trinajstić information content (AvgIpc) is 2.37. The maximum Gasteiger partial charge on any atom is 0.312 e. The van der Waals surface area contributed by atoms with Gasteiger partial charge in [-0.3, -0.25) is 9.59 Å². The van der Waals surface area contributed by atoms with Crippen molar-refractivity contribution < 1.29 is 14.7 Å². The molecular formula is C18H29NO3. The van der Waals surface area contributed by atoms with Crippen LogP contribution in [0.3, 0.4) is 0 Å². The molecule has 4 heteroatoms. The van der Waals surface area contributed by atoms with Crippen LogP contribution in [0, 0.1) is 0 Å². The molecule has 22 heavy (non-hydrogen) atoms. The van der Waals surface area contributed by atoms with Crippen LogP contribution in [0.5, 0.6) is 0 Å². The van der Waals surface area contributed by atoms with Crippen molar-refractivity contribution in [3.05, 3.63) is 34.9 Å². The van der Waals surface area contributed by atoms with Crippen LogP contribution in [0.4, 0.5) is 0 Å². The maximum atomic E-state index is 11.2. The van der Waals surface area contributed by atoms with Gasteiger partial charge in [-0.2, -0.15) is 0 Å². The summed E-state index contributed by atoms with van der Waals surface area (Å²) < 4.78 is 0. The van der Waals surface area contributed by atoms with Crippen LogP contribution < -0.4 is 5.32 Å². The lowest BCUT2D eigenvalue weighted by atomic mass is 10.1. The standard InChI is InChI=1S/C18H29NO3/c1-14(2)7-5-8-15(3)9-6-10-16(4)11-12-19-17(20)13-18(21)22/h7,9,11H,5-6,8,10,12-13H2,1-4H3,(H,19,20)(H,21,22). The van der Waals surface area contributed by atoms with E-state index in [4.69, 9.17) is 5.11 Å². The Hall–Kier alpha value is -1.84. The number of nitrogens with one attached hydrogen (secondary N) is 1. The van der Waals surface area contributed by atoms with Crippen LogP contribution in [0.25, 0.3) is 0 Å². The van der Waals surface area contributed by atoms with Crippen LogP contribution >= 0.6 is 0 Å². The normalized spacial score (nSPS) is 12.0. The highest BCUT2D eigenvalue weighted by atomic mass is 16.4. The molecule has 0 bridgehead atoms. The van der Waals surface area contributed by atoms with Gasteiger partial charge < -0.3 is 10.4 Å². The molecule has 0 saturated carbocycles. The number of carbonyl (C=O) groups is 2. The van der Waals surface area contributed by atoms with Gasteiger partial charge in [0.1, 0.15) is 6.42 Å². The van der Waals surface area contributed by atoms with Crippen molar-refractivity contribution in [1.82, 2.24) is 5.32 Å². The van der Waals surface area contributed by atoms with E-state index in [1.165, 1.54) is 16.7 Å². The fourth-order valence-corrected chi connectivity index (χ4v) is 1.88. The summed E-state index contributed by atoms with van der Waals surface area (Å²) in [5, 5.41) is 11.0. The van der Waals surface area contributed by atoms with Gasteiger partial charge in [0.15, 0.2) is 0 Å². The molecule has 0 aliphatic carbocycles. The summed E-state index contributed by atoms with van der Waals surface area (Å²) in [7, 11) is 0. The quantitative estimate of drug-likeness (QED) is 0.473. The van der Waals surface area contributed by atoms with E-state index in [2.05, 4.69) is 38.2 Å². The number of carboxylic acid groups (broad SMARTS) is 1. The summed E-state index contributed by atoms with van der Waals surface area (Å²) in [4.78, 5) is 21.5. The molecule has 0 aliphatic rings. The number of carboxylic acids is 1. The third kappa shape index (κ3) is 13.2. The van der Waals surface area contributed by atoms with Crippen molar-refractivity contribution in [2.75, 3.05) is 6.54 Å². The number of hydrogen-bond acceptors (Lipinski definition) is 2. The smallest absolute Gasteiger partial charge is 0.312 e. The van der Waals surface area contributed by atoms with Gasteiger partial charge in [0.25, 0.3) is 0 Å². The van der Waals surface area contributed by atoms with Gasteiger partial charge in [-0.1, -0.05) is 34.9 Å². The number of rotatable bonds is 10. The second-order valence-corrected chi connectivity index (χ2v) is 5.83. The molecule has 0 rings (SSSR count). The molecule has 0 saturated heterocycles. The molecule has 4 nitrogen and oxygen atoms in total. The minimum absolute atomic E-state index is 0.390. The molecule has 0 radical (unpaired) electrons. The van der Waals surface area contributed by atoms with Gasteiger partial charge in [0, 0.05) is 6.54 Å². The molecular weight excluding hydrogens is 278 g/mol. The van der Waals surface area contributed by atoms with Gasteiger partial charge >= 0.3 is 5.97 Å². The summed E-state index contributed by atoms with van der Waals surface area (Å²) in [6, 6.07) is 0. The van der Waals surface area contributed by atoms with Crippen molar-refractivity contribution >= 4 is 11.9 Å². The lowest BCUT2D eigenvalue weighted by molar-refractivity contribution is -0.140. The number of allylic oxidation sites excluding steroid dienone is 5. The first-order valence-corrected chi connectivity index (χ1v) is 7.74. The number of amides is 1. The fourth-order valence-electron chi connectivity index (χ4n) is 1.88. The van der Waals surface area contributed by atoms with Crippen LogP contribution in [-0.2, 0) is 9.59 Å². The second-order valence-electron chi connectivity index (χ2n) is 5.83. The summed E-state index contributed by atoms with van der Waals surface area (Å²) >= 11 is 0. The zero-order valence-corrected chi connectivity index (χ0v) is 14.2. The monoisotopic (exact) mass is 307 g/mol. The molecule has 0 fully saturated rings. The number of carbonyl (C=O) groups excluding carboxylic acids is 1. The van der Waals surface area contributed by atoms with E-state index >= 15 is 0 Å². The zero-order valence-electron chi connectivity index (χ0n) is 14.2. The molecule has 1 amide bonds. The largest absolute Gasteiger partial charge is 0.481 e. The van der Waals surface area contributed by atoms with Crippen molar-refractivity contribution in [1.29, 1.82) is 0 Å². The molecule has 0 aromatic rings. The van der Waals surface area contributed by atoms with Crippen LogP contribution in [0.15, 0.2) is 34.9 Å². The Labute approximate surface area is 134 Å². The third-order valence-electron chi connectivity index (χ3n) is 3.18. The predicted octanol–water partition coefficient (Wildman–Crippen LogP) is 4.00. The molecule has 0 aromatic carbocycles. The first kappa shape index (κ1) is 20.2. The highest BCUT2D eigenvalue weighted by Crippen LogP contribution is 2.11. The first-order chi connectivity index (χ1) is 10.3. The Morgan fingerprint density at radius 2 is 1.45 bits per heavy atom. The topological polar surface area (TPSA) is 66.4 Å². The highest BCUT2D eigenvalue weighted by molar-refractivity contribution is 5.93. The molecule has 0 atom stereocenters. The molecule has 0 heterocycles. The van der Waals surface area contributed by atoms with E-state index in [-0.39, 0.29) is 0 Å². The van der Waals surface area contributed by atoms with Crippen LogP contribution in [0.1, 0.15) is 59.8 Å². The average molecular weight is 307 g/mol. The Kier molecular flexibility index (Phi) is 10.8. The number of hydrogen-bond donors (Lipinski definition) is 2. The Bertz CT molecular complexity index is 455. The summed E-state index contributed by atoms with van der Waals surface area (Å²) in [6.07, 6.45) is 10.1. The van der Waals surface area contributed by atoms with Crippen LogP contribution in [0.2, 0.25) is 0 Å². The van der Waals surface area contributed by atoms with Gasteiger partial charge in [0.2, 0.25) is 5.91 Å². The van der Waals surface area contributed by atoms with Gasteiger partial charge in [-0.05, 0) is 53.4 Å². The second kappa shape index (κ2) is 11.8. The molecule has 124 valence electrons. The van der Waals surface area contributed by atoms with E-state index in [9.17, 15) is 9.59 Å². The van der Waals surface area contributed by atoms with E-state index in [1.807, 2.05) is 13.0 Å². The molecule has 2 N–H and O–H groups in total. The summed E-state index contributed by atoms with van der Waals surface area (Å²) in [5.74, 6) is -1.56. The third-order valence-corrected chi connectivity index (χ3v) is 3.18.